The minimum absolute atomic E-state index is 0.236. The number of carbonyl (C=O) groups excluding carboxylic acids is 1. The summed E-state index contributed by atoms with van der Waals surface area (Å²) in [5.74, 6) is -0.279. The highest BCUT2D eigenvalue weighted by Crippen LogP contribution is 2.30. The van der Waals surface area contributed by atoms with Gasteiger partial charge in [-0.2, -0.15) is 0 Å². The summed E-state index contributed by atoms with van der Waals surface area (Å²) >= 11 is 0. The zero-order chi connectivity index (χ0) is 57.4. The van der Waals surface area contributed by atoms with Gasteiger partial charge in [-0.05, 0) is 64.2 Å². The van der Waals surface area contributed by atoms with Gasteiger partial charge >= 0.3 is 0 Å². The normalized spacial score (nSPS) is 24.8. The van der Waals surface area contributed by atoms with Crippen molar-refractivity contribution in [2.45, 2.75) is 325 Å². The van der Waals surface area contributed by atoms with Crippen molar-refractivity contribution in [3.8, 4) is 0 Å². The third kappa shape index (κ3) is 35.4. The molecule has 0 aromatic rings. The van der Waals surface area contributed by atoms with Crippen molar-refractivity contribution in [2.24, 2.45) is 0 Å². The van der Waals surface area contributed by atoms with Gasteiger partial charge in [-0.3, -0.25) is 4.79 Å². The smallest absolute Gasteiger partial charge is 0.220 e. The van der Waals surface area contributed by atoms with E-state index < -0.39 is 86.8 Å². The van der Waals surface area contributed by atoms with Crippen LogP contribution in [0.1, 0.15) is 251 Å². The Balaban J connectivity index is 1.68. The monoisotopic (exact) mass is 1120 g/mol. The summed E-state index contributed by atoms with van der Waals surface area (Å²) in [5.41, 5.74) is 0. The number of ether oxygens (including phenoxy) is 4. The maximum atomic E-state index is 13.2. The second-order valence-electron chi connectivity index (χ2n) is 22.5. The summed E-state index contributed by atoms with van der Waals surface area (Å²) in [4.78, 5) is 13.2. The number of hydrogen-bond acceptors (Lipinski definition) is 13. The maximum absolute atomic E-state index is 13.2. The maximum Gasteiger partial charge on any atom is 0.220 e. The van der Waals surface area contributed by atoms with Gasteiger partial charge in [0.2, 0.25) is 5.91 Å². The molecule has 2 fully saturated rings. The number of unbranched alkanes of at least 4 members (excludes halogenated alkanes) is 30. The topological polar surface area (TPSA) is 228 Å². The second kappa shape index (κ2) is 50.2. The minimum atomic E-state index is -1.80. The third-order valence-corrected chi connectivity index (χ3v) is 15.4. The van der Waals surface area contributed by atoms with E-state index in [1.807, 2.05) is 6.08 Å². The number of aliphatic hydroxyl groups excluding tert-OH is 8. The van der Waals surface area contributed by atoms with Crippen LogP contribution in [0.5, 0.6) is 0 Å². The van der Waals surface area contributed by atoms with E-state index in [0.29, 0.717) is 12.8 Å². The number of aliphatic hydroxyl groups is 8. The van der Waals surface area contributed by atoms with Crippen LogP contribution in [-0.2, 0) is 23.7 Å². The first-order chi connectivity index (χ1) is 38.6. The molecule has 1 amide bonds. The molecule has 0 aliphatic carbocycles. The van der Waals surface area contributed by atoms with Crippen LogP contribution in [0, 0.1) is 0 Å². The SMILES string of the molecule is CC/C=C\C/C=C\C/C=C\CCCCCC(=O)NC(COC1OC(CO)C(OC2OC(CO)C(O)C(O)C2O)C(O)C1O)C(O)/C=C/CC/C=C/CCCCCCCCCCCCCCCCCCCCCCCCCCCC. The van der Waals surface area contributed by atoms with Crippen LogP contribution in [0.4, 0.5) is 0 Å². The van der Waals surface area contributed by atoms with Gasteiger partial charge < -0.3 is 65.1 Å². The summed E-state index contributed by atoms with van der Waals surface area (Å²) in [6.45, 7) is 2.65. The van der Waals surface area contributed by atoms with Crippen molar-refractivity contribution in [3.63, 3.8) is 0 Å². The molecule has 14 nitrogen and oxygen atoms in total. The molecule has 2 rings (SSSR count). The first kappa shape index (κ1) is 72.8. The highest BCUT2D eigenvalue weighted by Gasteiger charge is 2.51. The molecule has 0 radical (unpaired) electrons. The zero-order valence-corrected chi connectivity index (χ0v) is 49.6. The van der Waals surface area contributed by atoms with Crippen LogP contribution in [0.2, 0.25) is 0 Å². The molecule has 2 heterocycles. The largest absolute Gasteiger partial charge is 0.394 e. The van der Waals surface area contributed by atoms with Crippen molar-refractivity contribution < 1.29 is 64.6 Å². The Hall–Kier alpha value is -2.31. The van der Waals surface area contributed by atoms with Crippen molar-refractivity contribution >= 4 is 5.91 Å². The van der Waals surface area contributed by atoms with Gasteiger partial charge in [-0.1, -0.05) is 242 Å². The summed E-state index contributed by atoms with van der Waals surface area (Å²) in [5, 5.41) is 87.0. The minimum Gasteiger partial charge on any atom is -0.394 e. The lowest BCUT2D eigenvalue weighted by atomic mass is 9.97. The van der Waals surface area contributed by atoms with Crippen LogP contribution in [0.3, 0.4) is 0 Å². The molecule has 12 unspecified atom stereocenters. The molecule has 0 aromatic heterocycles. The van der Waals surface area contributed by atoms with E-state index in [0.717, 1.165) is 51.4 Å². The quantitative estimate of drug-likeness (QED) is 0.0204. The molecule has 12 atom stereocenters. The average molecular weight is 1120 g/mol. The van der Waals surface area contributed by atoms with Crippen molar-refractivity contribution in [1.29, 1.82) is 0 Å². The Bertz CT molecular complexity index is 1560. The van der Waals surface area contributed by atoms with Gasteiger partial charge in [-0.25, -0.2) is 0 Å². The summed E-state index contributed by atoms with van der Waals surface area (Å²) in [6, 6.07) is -0.949. The molecular weight excluding hydrogens is 1000 g/mol. The molecule has 2 aliphatic heterocycles. The standard InChI is InChI=1S/C65H117NO13/c1-3-5-7-9-11-13-15-17-18-19-20-21-22-23-24-25-26-27-28-29-30-31-32-33-34-35-37-38-40-42-44-46-48-54(69)53(66-57(70)49-47-45-43-41-39-36-16-14-12-10-8-6-4-2)52-76-64-62(75)60(73)63(56(51-68)78-64)79-65-61(74)59(72)58(71)55(50-67)77-65/h6,8,12,14,36,38-40,46,48,53-56,58-65,67-69,71-75H,3-5,7,9-11,13,15-35,37,41-45,47,49-52H2,1-2H3,(H,66,70)/b8-6-,14-12-,39-36-,40-38+,48-46+. The lowest BCUT2D eigenvalue weighted by molar-refractivity contribution is -0.359. The lowest BCUT2D eigenvalue weighted by Crippen LogP contribution is -2.65. The second-order valence-corrected chi connectivity index (χ2v) is 22.5. The van der Waals surface area contributed by atoms with Gasteiger partial charge in [0, 0.05) is 6.42 Å². The van der Waals surface area contributed by atoms with E-state index in [1.54, 1.807) is 6.08 Å². The van der Waals surface area contributed by atoms with E-state index in [-0.39, 0.29) is 18.9 Å². The molecule has 2 saturated heterocycles. The van der Waals surface area contributed by atoms with Crippen LogP contribution in [0.25, 0.3) is 0 Å². The summed E-state index contributed by atoms with van der Waals surface area (Å²) in [6.07, 6.45) is 48.8. The summed E-state index contributed by atoms with van der Waals surface area (Å²) < 4.78 is 22.7. The lowest BCUT2D eigenvalue weighted by Gasteiger charge is -2.46. The Morgan fingerprint density at radius 3 is 1.39 bits per heavy atom. The predicted octanol–water partition coefficient (Wildman–Crippen LogP) is 11.7. The van der Waals surface area contributed by atoms with Gasteiger partial charge in [0.05, 0.1) is 32.0 Å². The molecule has 9 N–H and O–H groups in total. The van der Waals surface area contributed by atoms with E-state index in [4.69, 9.17) is 18.9 Å². The van der Waals surface area contributed by atoms with Gasteiger partial charge in [-0.15, -0.1) is 0 Å². The highest BCUT2D eigenvalue weighted by atomic mass is 16.7. The molecule has 0 saturated carbocycles. The Labute approximate surface area is 479 Å². The molecule has 0 bridgehead atoms. The fourth-order valence-corrected chi connectivity index (χ4v) is 10.3. The third-order valence-electron chi connectivity index (χ3n) is 15.4. The number of nitrogens with one attached hydrogen (secondary N) is 1. The average Bonchev–Trinajstić information content (AvgIpc) is 3.45. The summed E-state index contributed by atoms with van der Waals surface area (Å²) in [7, 11) is 0. The Kier molecular flexibility index (Phi) is 46.3. The highest BCUT2D eigenvalue weighted by molar-refractivity contribution is 5.76. The van der Waals surface area contributed by atoms with Crippen molar-refractivity contribution in [2.75, 3.05) is 19.8 Å². The number of amides is 1. The number of rotatable bonds is 51. The fraction of sp³-hybridized carbons (Fsp3) is 0.831. The molecule has 0 spiro atoms. The zero-order valence-electron chi connectivity index (χ0n) is 49.6. The van der Waals surface area contributed by atoms with E-state index >= 15 is 0 Å². The first-order valence-corrected chi connectivity index (χ1v) is 32.0. The van der Waals surface area contributed by atoms with E-state index in [2.05, 4.69) is 67.8 Å². The molecule has 79 heavy (non-hydrogen) atoms. The van der Waals surface area contributed by atoms with Gasteiger partial charge in [0.1, 0.15) is 48.8 Å². The molecule has 460 valence electrons. The van der Waals surface area contributed by atoms with Gasteiger partial charge in [0.25, 0.3) is 0 Å². The molecule has 2 aliphatic rings. The molecule has 0 aromatic carbocycles. The van der Waals surface area contributed by atoms with Crippen LogP contribution < -0.4 is 5.32 Å². The first-order valence-electron chi connectivity index (χ1n) is 32.0. The van der Waals surface area contributed by atoms with E-state index in [1.165, 1.54) is 167 Å². The fourth-order valence-electron chi connectivity index (χ4n) is 10.3. The molecule has 14 heteroatoms. The Morgan fingerprint density at radius 1 is 0.468 bits per heavy atom. The number of allylic oxidation sites excluding steroid dienone is 9. The van der Waals surface area contributed by atoms with Gasteiger partial charge in [0.15, 0.2) is 12.6 Å². The van der Waals surface area contributed by atoms with Crippen LogP contribution in [0.15, 0.2) is 60.8 Å². The van der Waals surface area contributed by atoms with Crippen molar-refractivity contribution in [1.82, 2.24) is 5.32 Å². The predicted molar refractivity (Wildman–Crippen MR) is 318 cm³/mol. The Morgan fingerprint density at radius 2 is 0.886 bits per heavy atom. The number of hydrogen-bond donors (Lipinski definition) is 9. The molecular formula is C65H117NO13. The van der Waals surface area contributed by atoms with Crippen LogP contribution in [-0.4, -0.2) is 140 Å². The number of carbonyl (C=O) groups is 1. The van der Waals surface area contributed by atoms with Crippen LogP contribution >= 0.6 is 0 Å². The van der Waals surface area contributed by atoms with E-state index in [9.17, 15) is 45.6 Å². The van der Waals surface area contributed by atoms with Crippen molar-refractivity contribution in [3.05, 3.63) is 60.8 Å².